The summed E-state index contributed by atoms with van der Waals surface area (Å²) in [5.41, 5.74) is 0. The van der Waals surface area contributed by atoms with Crippen molar-refractivity contribution in [1.82, 2.24) is 0 Å². The molecule has 0 aromatic heterocycles. The third-order valence-electron chi connectivity index (χ3n) is 0.780. The Kier molecular flexibility index (Phi) is 3.52. The van der Waals surface area contributed by atoms with E-state index >= 15 is 0 Å². The molecule has 3 heteroatoms. The molecule has 0 heterocycles. The van der Waals surface area contributed by atoms with Crippen LogP contribution in [0.4, 0.5) is 0 Å². The maximum atomic E-state index is 11.2. The Morgan fingerprint density at radius 1 is 1.30 bits per heavy atom. The summed E-state index contributed by atoms with van der Waals surface area (Å²) in [6, 6.07) is 0. The van der Waals surface area contributed by atoms with E-state index in [-0.39, 0.29) is 10.9 Å². The van der Waals surface area contributed by atoms with Crippen LogP contribution in [0.1, 0.15) is 34.6 Å². The van der Waals surface area contributed by atoms with Gasteiger partial charge in [0, 0.05) is 0 Å². The number of rotatable bonds is 2. The van der Waals surface area contributed by atoms with E-state index in [1.54, 1.807) is 0 Å². The monoisotopic (exact) mass is 164 g/mol. The van der Waals surface area contributed by atoms with Crippen LogP contribution in [0, 0.1) is 0 Å². The van der Waals surface area contributed by atoms with Crippen molar-refractivity contribution in [3.8, 4) is 0 Å². The Labute approximate surface area is 65.6 Å². The zero-order valence-corrected chi connectivity index (χ0v) is 8.12. The van der Waals surface area contributed by atoms with Gasteiger partial charge >= 0.3 is 0 Å². The first kappa shape index (κ1) is 10.1. The quantitative estimate of drug-likeness (QED) is 0.623. The minimum absolute atomic E-state index is 0.0417. The molecule has 0 N–H and O–H groups in total. The molecule has 0 aliphatic heterocycles. The second kappa shape index (κ2) is 3.49. The summed E-state index contributed by atoms with van der Waals surface area (Å²) >= 11 is -1.17. The highest BCUT2D eigenvalue weighted by Gasteiger charge is 2.21. The summed E-state index contributed by atoms with van der Waals surface area (Å²) in [4.78, 5) is 0. The minimum atomic E-state index is -1.17. The van der Waals surface area contributed by atoms with Gasteiger partial charge in [0.05, 0.1) is 10.9 Å². The van der Waals surface area contributed by atoms with Crippen molar-refractivity contribution in [3.63, 3.8) is 0 Å². The van der Waals surface area contributed by atoms with Crippen LogP contribution in [0.15, 0.2) is 0 Å². The lowest BCUT2D eigenvalue weighted by molar-refractivity contribution is 0.262. The molecule has 2 nitrogen and oxygen atoms in total. The normalized spacial score (nSPS) is 15.8. The van der Waals surface area contributed by atoms with Gasteiger partial charge in [0.2, 0.25) is 0 Å². The molecule has 0 rings (SSSR count). The lowest BCUT2D eigenvalue weighted by Crippen LogP contribution is -2.25. The third kappa shape index (κ3) is 4.01. The van der Waals surface area contributed by atoms with E-state index in [4.69, 9.17) is 4.18 Å². The first-order chi connectivity index (χ1) is 4.34. The third-order valence-corrected chi connectivity index (χ3v) is 2.34. The van der Waals surface area contributed by atoms with Crippen molar-refractivity contribution in [2.75, 3.05) is 0 Å². The average molecular weight is 164 g/mol. The molecule has 1 unspecified atom stereocenters. The largest absolute Gasteiger partial charge is 0.287 e. The molecule has 0 radical (unpaired) electrons. The molecular weight excluding hydrogens is 148 g/mol. The smallest absolute Gasteiger partial charge is 0.161 e. The average Bonchev–Trinajstić information content (AvgIpc) is 1.60. The van der Waals surface area contributed by atoms with Gasteiger partial charge in [-0.2, -0.15) is 0 Å². The van der Waals surface area contributed by atoms with Crippen LogP contribution in [0.3, 0.4) is 0 Å². The molecule has 0 aromatic carbocycles. The second-order valence-electron chi connectivity index (χ2n) is 3.49. The van der Waals surface area contributed by atoms with Gasteiger partial charge < -0.3 is 0 Å². The van der Waals surface area contributed by atoms with Crippen molar-refractivity contribution in [1.29, 1.82) is 0 Å². The molecule has 0 aliphatic rings. The standard InChI is InChI=1S/C7H16O2S/c1-6(2)9-10(8)7(3,4)5/h6H,1-5H3. The maximum Gasteiger partial charge on any atom is 0.161 e. The highest BCUT2D eigenvalue weighted by molar-refractivity contribution is 7.81. The summed E-state index contributed by atoms with van der Waals surface area (Å²) in [5.74, 6) is 0. The fourth-order valence-electron chi connectivity index (χ4n) is 0.319. The SMILES string of the molecule is CC(C)OS(=O)C(C)(C)C. The first-order valence-corrected chi connectivity index (χ1v) is 4.50. The van der Waals surface area contributed by atoms with Crippen LogP contribution < -0.4 is 0 Å². The van der Waals surface area contributed by atoms with E-state index in [2.05, 4.69) is 0 Å². The summed E-state index contributed by atoms with van der Waals surface area (Å²) in [7, 11) is 0. The summed E-state index contributed by atoms with van der Waals surface area (Å²) in [6.45, 7) is 9.44. The van der Waals surface area contributed by atoms with E-state index in [0.717, 1.165) is 0 Å². The van der Waals surface area contributed by atoms with Gasteiger partial charge in [-0.05, 0) is 34.6 Å². The van der Waals surface area contributed by atoms with Crippen LogP contribution in [-0.2, 0) is 15.3 Å². The lowest BCUT2D eigenvalue weighted by atomic mass is 10.3. The van der Waals surface area contributed by atoms with Gasteiger partial charge in [-0.15, -0.1) is 0 Å². The van der Waals surface area contributed by atoms with Gasteiger partial charge in [0.1, 0.15) is 0 Å². The van der Waals surface area contributed by atoms with Crippen LogP contribution in [0.25, 0.3) is 0 Å². The zero-order chi connectivity index (χ0) is 8.36. The topological polar surface area (TPSA) is 26.3 Å². The molecule has 0 bridgehead atoms. The number of hydrogen-bond acceptors (Lipinski definition) is 2. The van der Waals surface area contributed by atoms with E-state index in [9.17, 15) is 4.21 Å². The molecule has 0 saturated heterocycles. The molecular formula is C7H16O2S. The lowest BCUT2D eigenvalue weighted by Gasteiger charge is -2.18. The van der Waals surface area contributed by atoms with Gasteiger partial charge in [-0.25, -0.2) is 4.21 Å². The molecule has 0 amide bonds. The van der Waals surface area contributed by atoms with E-state index in [0.29, 0.717) is 0 Å². The summed E-state index contributed by atoms with van der Waals surface area (Å²) in [5, 5.41) is 0. The van der Waals surface area contributed by atoms with Gasteiger partial charge in [-0.1, -0.05) is 0 Å². The van der Waals surface area contributed by atoms with Gasteiger partial charge in [0.15, 0.2) is 11.1 Å². The van der Waals surface area contributed by atoms with Crippen molar-refractivity contribution < 1.29 is 8.39 Å². The van der Waals surface area contributed by atoms with Gasteiger partial charge in [-0.3, -0.25) is 4.18 Å². The second-order valence-corrected chi connectivity index (χ2v) is 5.38. The predicted octanol–water partition coefficient (Wildman–Crippen LogP) is 1.87. The van der Waals surface area contributed by atoms with Crippen molar-refractivity contribution in [2.45, 2.75) is 45.5 Å². The minimum Gasteiger partial charge on any atom is -0.287 e. The fourth-order valence-corrected chi connectivity index (χ4v) is 0.957. The summed E-state index contributed by atoms with van der Waals surface area (Å²) < 4.78 is 16.0. The van der Waals surface area contributed by atoms with E-state index in [1.165, 1.54) is 0 Å². The molecule has 0 saturated carbocycles. The van der Waals surface area contributed by atoms with Crippen LogP contribution in [-0.4, -0.2) is 15.1 Å². The van der Waals surface area contributed by atoms with Crippen LogP contribution >= 0.6 is 0 Å². The summed E-state index contributed by atoms with van der Waals surface area (Å²) in [6.07, 6.45) is 0.0417. The molecule has 0 fully saturated rings. The fraction of sp³-hybridized carbons (Fsp3) is 1.00. The molecule has 0 spiro atoms. The maximum absolute atomic E-state index is 11.2. The predicted molar refractivity (Wildman–Crippen MR) is 44.1 cm³/mol. The highest BCUT2D eigenvalue weighted by atomic mass is 32.2. The first-order valence-electron chi connectivity index (χ1n) is 3.43. The Morgan fingerprint density at radius 2 is 1.70 bits per heavy atom. The van der Waals surface area contributed by atoms with E-state index in [1.807, 2.05) is 34.6 Å². The molecule has 62 valence electrons. The van der Waals surface area contributed by atoms with Crippen molar-refractivity contribution >= 4 is 11.1 Å². The molecule has 0 aliphatic carbocycles. The van der Waals surface area contributed by atoms with Crippen LogP contribution in [0.2, 0.25) is 0 Å². The molecule has 10 heavy (non-hydrogen) atoms. The number of hydrogen-bond donors (Lipinski definition) is 0. The zero-order valence-electron chi connectivity index (χ0n) is 7.30. The van der Waals surface area contributed by atoms with E-state index < -0.39 is 11.1 Å². The Bertz CT molecular complexity index is 124. The highest BCUT2D eigenvalue weighted by Crippen LogP contribution is 2.13. The van der Waals surface area contributed by atoms with Crippen molar-refractivity contribution in [3.05, 3.63) is 0 Å². The Hall–Kier alpha value is 0.110. The molecule has 1 atom stereocenters. The Balaban J connectivity index is 3.87. The van der Waals surface area contributed by atoms with Gasteiger partial charge in [0.25, 0.3) is 0 Å². The van der Waals surface area contributed by atoms with Crippen molar-refractivity contribution in [2.24, 2.45) is 0 Å². The molecule has 0 aromatic rings. The Morgan fingerprint density at radius 3 is 1.80 bits per heavy atom. The van der Waals surface area contributed by atoms with Crippen LogP contribution in [0.5, 0.6) is 0 Å².